The molecule has 0 spiro atoms. The van der Waals surface area contributed by atoms with Crippen molar-refractivity contribution in [3.8, 4) is 0 Å². The molecule has 8 atom stereocenters. The Morgan fingerprint density at radius 3 is 2.15 bits per heavy atom. The van der Waals surface area contributed by atoms with E-state index in [2.05, 4.69) is 24.5 Å². The Labute approximate surface area is 313 Å². The van der Waals surface area contributed by atoms with E-state index in [1.807, 2.05) is 83.6 Å². The van der Waals surface area contributed by atoms with Crippen LogP contribution in [0, 0.1) is 30.6 Å². The summed E-state index contributed by atoms with van der Waals surface area (Å²) in [6.45, 7) is 16.8. The first-order chi connectivity index (χ1) is 24.4. The number of carbonyl (C=O) groups excluding carboxylic acids is 4. The summed E-state index contributed by atoms with van der Waals surface area (Å²) in [7, 11) is 8.65. The van der Waals surface area contributed by atoms with Gasteiger partial charge in [0, 0.05) is 40.0 Å². The summed E-state index contributed by atoms with van der Waals surface area (Å²) in [6, 6.07) is 4.06. The van der Waals surface area contributed by atoms with Crippen molar-refractivity contribution in [2.45, 2.75) is 124 Å². The SMILES string of the molecule is CCC(C)C(C(CC(=O)N1CCCC1C(OC)C(C)C(=O)NCCc1ccc(N)c(C)c1)OC)N(C)C(=O)[C@@H](NC(=O)C(C(C)C)N(C)C)C(C)C. The van der Waals surface area contributed by atoms with Crippen molar-refractivity contribution in [3.05, 3.63) is 29.3 Å². The van der Waals surface area contributed by atoms with Crippen LogP contribution in [0.2, 0.25) is 0 Å². The van der Waals surface area contributed by atoms with Crippen molar-refractivity contribution < 1.29 is 28.7 Å². The average molecular weight is 731 g/mol. The van der Waals surface area contributed by atoms with Crippen LogP contribution in [0.1, 0.15) is 85.3 Å². The molecule has 0 saturated carbocycles. The van der Waals surface area contributed by atoms with Gasteiger partial charge in [-0.05, 0) is 75.2 Å². The maximum Gasteiger partial charge on any atom is 0.245 e. The topological polar surface area (TPSA) is 147 Å². The van der Waals surface area contributed by atoms with Gasteiger partial charge in [-0.25, -0.2) is 0 Å². The second-order valence-electron chi connectivity index (χ2n) is 15.7. The number of methoxy groups -OCH3 is 2. The number of rotatable bonds is 20. The molecule has 1 saturated heterocycles. The van der Waals surface area contributed by atoms with Gasteiger partial charge in [0.1, 0.15) is 6.04 Å². The Bertz CT molecular complexity index is 1310. The molecule has 1 aliphatic heterocycles. The van der Waals surface area contributed by atoms with Crippen LogP contribution in [0.15, 0.2) is 18.2 Å². The van der Waals surface area contributed by atoms with Gasteiger partial charge in [0.2, 0.25) is 23.6 Å². The highest BCUT2D eigenvalue weighted by molar-refractivity contribution is 5.90. The van der Waals surface area contributed by atoms with Gasteiger partial charge in [-0.2, -0.15) is 0 Å². The van der Waals surface area contributed by atoms with Gasteiger partial charge in [-0.15, -0.1) is 0 Å². The Balaban J connectivity index is 2.21. The number of likely N-dealkylation sites (tertiary alicyclic amines) is 1. The van der Waals surface area contributed by atoms with E-state index in [4.69, 9.17) is 15.2 Å². The summed E-state index contributed by atoms with van der Waals surface area (Å²) >= 11 is 0. The summed E-state index contributed by atoms with van der Waals surface area (Å²) in [5.41, 5.74) is 8.80. The van der Waals surface area contributed by atoms with Crippen molar-refractivity contribution in [3.63, 3.8) is 0 Å². The van der Waals surface area contributed by atoms with Crippen LogP contribution in [-0.2, 0) is 35.1 Å². The van der Waals surface area contributed by atoms with Gasteiger partial charge >= 0.3 is 0 Å². The fraction of sp³-hybridized carbons (Fsp3) is 0.750. The van der Waals surface area contributed by atoms with Crippen molar-refractivity contribution in [2.75, 3.05) is 54.2 Å². The molecule has 1 aromatic rings. The lowest BCUT2D eigenvalue weighted by Crippen LogP contribution is -2.59. The first kappa shape index (κ1) is 44.9. The minimum absolute atomic E-state index is 0.00220. The minimum Gasteiger partial charge on any atom is -0.399 e. The zero-order valence-corrected chi connectivity index (χ0v) is 34.3. The van der Waals surface area contributed by atoms with Gasteiger partial charge in [0.15, 0.2) is 0 Å². The number of likely N-dealkylation sites (N-methyl/N-ethyl adjacent to an activating group) is 2. The molecule has 52 heavy (non-hydrogen) atoms. The predicted molar refractivity (Wildman–Crippen MR) is 208 cm³/mol. The third kappa shape index (κ3) is 11.6. The van der Waals surface area contributed by atoms with E-state index in [9.17, 15) is 19.2 Å². The Hall–Kier alpha value is -3.22. The summed E-state index contributed by atoms with van der Waals surface area (Å²) in [4.78, 5) is 60.4. The molecule has 1 aromatic carbocycles. The van der Waals surface area contributed by atoms with Crippen LogP contribution < -0.4 is 16.4 Å². The molecule has 0 bridgehead atoms. The van der Waals surface area contributed by atoms with E-state index in [1.54, 1.807) is 26.2 Å². The summed E-state index contributed by atoms with van der Waals surface area (Å²) < 4.78 is 12.0. The van der Waals surface area contributed by atoms with Gasteiger partial charge in [-0.1, -0.05) is 67.0 Å². The van der Waals surface area contributed by atoms with Gasteiger partial charge in [-0.3, -0.25) is 24.1 Å². The Morgan fingerprint density at radius 2 is 1.63 bits per heavy atom. The van der Waals surface area contributed by atoms with Crippen molar-refractivity contribution >= 4 is 29.3 Å². The molecule has 296 valence electrons. The number of hydrogen-bond donors (Lipinski definition) is 3. The smallest absolute Gasteiger partial charge is 0.245 e. The lowest BCUT2D eigenvalue weighted by molar-refractivity contribution is -0.148. The fourth-order valence-electron chi connectivity index (χ4n) is 7.80. The summed E-state index contributed by atoms with van der Waals surface area (Å²) in [5, 5.41) is 6.10. The first-order valence-corrected chi connectivity index (χ1v) is 19.1. The predicted octanol–water partition coefficient (Wildman–Crippen LogP) is 3.88. The number of aryl methyl sites for hydroxylation is 1. The third-order valence-electron chi connectivity index (χ3n) is 11.0. The third-order valence-corrected chi connectivity index (χ3v) is 11.0. The van der Waals surface area contributed by atoms with E-state index in [-0.39, 0.29) is 59.9 Å². The molecular formula is C40H70N6O6. The van der Waals surface area contributed by atoms with E-state index in [1.165, 1.54) is 0 Å². The van der Waals surface area contributed by atoms with Crippen LogP contribution in [0.5, 0.6) is 0 Å². The number of anilines is 1. The molecule has 2 rings (SSSR count). The number of nitrogens with one attached hydrogen (secondary N) is 2. The number of benzene rings is 1. The summed E-state index contributed by atoms with van der Waals surface area (Å²) in [5.74, 6) is -1.22. The number of nitrogen functional groups attached to an aromatic ring is 1. The van der Waals surface area contributed by atoms with Crippen molar-refractivity contribution in [1.82, 2.24) is 25.3 Å². The van der Waals surface area contributed by atoms with E-state index >= 15 is 0 Å². The Kier molecular flexibility index (Phi) is 18.0. The minimum atomic E-state index is -0.743. The van der Waals surface area contributed by atoms with Crippen LogP contribution >= 0.6 is 0 Å². The first-order valence-electron chi connectivity index (χ1n) is 19.1. The van der Waals surface area contributed by atoms with Gasteiger partial charge in [0.05, 0.1) is 42.7 Å². The highest BCUT2D eigenvalue weighted by Crippen LogP contribution is 2.29. The highest BCUT2D eigenvalue weighted by Gasteiger charge is 2.43. The molecule has 12 heteroatoms. The second-order valence-corrected chi connectivity index (χ2v) is 15.7. The molecule has 1 heterocycles. The molecule has 7 unspecified atom stereocenters. The van der Waals surface area contributed by atoms with Crippen molar-refractivity contribution in [2.24, 2.45) is 23.7 Å². The molecular weight excluding hydrogens is 660 g/mol. The number of nitrogens with zero attached hydrogens (tertiary/aromatic N) is 3. The molecule has 4 N–H and O–H groups in total. The standard InChI is InChI=1S/C40H70N6O6/c1-14-26(6)36(45(11)40(50)34(24(2)3)43-39(49)35(25(4)5)44(9)10)32(51-12)23-33(47)46-21-15-16-31(46)37(52-13)28(8)38(48)42-20-19-29-17-18-30(41)27(7)22-29/h17-18,22,24-26,28,31-32,34-37H,14-16,19-21,23,41H2,1-13H3,(H,42,48)(H,43,49)/t26?,28?,31?,32?,34-,35?,36?,37?/m0/s1. The van der Waals surface area contributed by atoms with Crippen LogP contribution in [0.25, 0.3) is 0 Å². The van der Waals surface area contributed by atoms with Gasteiger partial charge in [0.25, 0.3) is 0 Å². The maximum absolute atomic E-state index is 14.2. The van der Waals surface area contributed by atoms with Gasteiger partial charge < -0.3 is 35.6 Å². The molecule has 12 nitrogen and oxygen atoms in total. The average Bonchev–Trinajstić information content (AvgIpc) is 3.57. The molecule has 1 aliphatic rings. The van der Waals surface area contributed by atoms with E-state index in [0.29, 0.717) is 19.5 Å². The zero-order chi connectivity index (χ0) is 39.4. The van der Waals surface area contributed by atoms with Crippen molar-refractivity contribution in [1.29, 1.82) is 0 Å². The maximum atomic E-state index is 14.2. The largest absolute Gasteiger partial charge is 0.399 e. The monoisotopic (exact) mass is 731 g/mol. The van der Waals surface area contributed by atoms with Crippen LogP contribution in [0.4, 0.5) is 5.69 Å². The number of amides is 4. The lowest BCUT2D eigenvalue weighted by Gasteiger charge is -2.41. The number of ether oxygens (including phenoxy) is 2. The normalized spacial score (nSPS) is 18.8. The fourth-order valence-corrected chi connectivity index (χ4v) is 7.80. The number of nitrogens with two attached hydrogens (primary N) is 1. The lowest BCUT2D eigenvalue weighted by atomic mass is 9.89. The highest BCUT2D eigenvalue weighted by atomic mass is 16.5. The van der Waals surface area contributed by atoms with E-state index < -0.39 is 30.2 Å². The molecule has 0 aromatic heterocycles. The Morgan fingerprint density at radius 1 is 0.981 bits per heavy atom. The van der Waals surface area contributed by atoms with Crippen LogP contribution in [0.3, 0.4) is 0 Å². The zero-order valence-electron chi connectivity index (χ0n) is 34.3. The number of hydrogen-bond acceptors (Lipinski definition) is 8. The quantitative estimate of drug-likeness (QED) is 0.172. The summed E-state index contributed by atoms with van der Waals surface area (Å²) in [6.07, 6.45) is 1.93. The second kappa shape index (κ2) is 20.9. The van der Waals surface area contributed by atoms with Crippen LogP contribution in [-0.4, -0.2) is 123 Å². The molecule has 0 aliphatic carbocycles. The molecule has 0 radical (unpaired) electrons. The van der Waals surface area contributed by atoms with E-state index in [0.717, 1.165) is 36.1 Å². The molecule has 1 fully saturated rings. The molecule has 4 amide bonds. The number of carbonyl (C=O) groups is 4.